The first-order valence-corrected chi connectivity index (χ1v) is 38.4. The van der Waals surface area contributed by atoms with Crippen molar-refractivity contribution in [1.82, 2.24) is 0 Å². The van der Waals surface area contributed by atoms with Crippen molar-refractivity contribution in [2.24, 2.45) is 0 Å². The Morgan fingerprint density at radius 2 is 0.268 bits per heavy atom. The quantitative estimate of drug-likeness (QED) is 0.0288. The van der Waals surface area contributed by atoms with E-state index in [1.807, 2.05) is 0 Å². The van der Waals surface area contributed by atoms with Gasteiger partial charge in [-0.15, -0.1) is 0 Å². The van der Waals surface area contributed by atoms with Crippen LogP contribution >= 0.6 is 0 Å². The van der Waals surface area contributed by atoms with Gasteiger partial charge in [0.15, 0.2) is 44.0 Å². The Bertz CT molecular complexity index is 3080. The third-order valence-electron chi connectivity index (χ3n) is 16.2. The SMILES string of the molecule is O=S(=O)([O-])OC[C@H]1O[C@@H]2O[C@H]3[C@H](O)[C@@H](O)[C@@H](O[C@H]4[C@H](O)[C@@H](O)[C@@H](O[C@H]5[C@H](O)[C@@H](O)[C@@H](O[C@H]6[C@H](O)[C@@H](O)[C@@H](O[C@H]7[C@H](O)[C@@H](O)[C@@H](O[C@H]8[C@H](O)[C@@H](O)C(O[C@H]1[C@H](O)[C@H]2O)O[C@@H]8COS(=O)(=O)[O-])O[C@@H]7COS(=O)(=O)[O-])O[C@@H]6COS(=O)(=O)[O-])O[C@@H]5COS(=O)(=O)[O-])O[C@@H]4COS(=O)(=O)[O-])O[C@@H]3COS(=O)(=O)[O-].[Na+].[Na+].[Na+].[Na+].[Na+].[Na+].[Na+]. The van der Waals surface area contributed by atoms with Crippen LogP contribution in [-0.2, 0) is 168 Å². The topological polar surface area (TPSA) is 877 Å². The molecule has 0 amide bonds. The van der Waals surface area contributed by atoms with Gasteiger partial charge in [-0.25, -0.2) is 58.9 Å². The molecule has 0 radical (unpaired) electrons. The maximum atomic E-state index is 11.8. The molecule has 21 saturated heterocycles. The summed E-state index contributed by atoms with van der Waals surface area (Å²) >= 11 is 0. The van der Waals surface area contributed by atoms with Gasteiger partial charge in [-0.1, -0.05) is 0 Å². The van der Waals surface area contributed by atoms with Crippen molar-refractivity contribution >= 4 is 72.8 Å². The van der Waals surface area contributed by atoms with Crippen LogP contribution in [0.2, 0.25) is 0 Å². The van der Waals surface area contributed by atoms with Crippen LogP contribution in [0.3, 0.4) is 0 Å². The van der Waals surface area contributed by atoms with Gasteiger partial charge in [0.05, 0.1) is 46.2 Å². The van der Waals surface area contributed by atoms with E-state index >= 15 is 0 Å². The van der Waals surface area contributed by atoms with Crippen LogP contribution in [0, 0.1) is 0 Å². The minimum absolute atomic E-state index is 0. The summed E-state index contributed by atoms with van der Waals surface area (Å²) in [5.41, 5.74) is 0. The summed E-state index contributed by atoms with van der Waals surface area (Å²) in [7, 11) is -41.6. The van der Waals surface area contributed by atoms with E-state index in [1.165, 1.54) is 0 Å². The number of aliphatic hydroxyl groups is 14. The Kier molecular flexibility index (Phi) is 48.6. The van der Waals surface area contributed by atoms with E-state index < -0.39 is 334 Å². The zero-order valence-electron chi connectivity index (χ0n) is 58.4. The van der Waals surface area contributed by atoms with Crippen molar-refractivity contribution in [2.75, 3.05) is 46.2 Å². The summed E-state index contributed by atoms with van der Waals surface area (Å²) in [5.74, 6) is 0. The third-order valence-corrected chi connectivity index (χ3v) is 19.1. The van der Waals surface area contributed by atoms with Crippen molar-refractivity contribution in [1.29, 1.82) is 0 Å². The fourth-order valence-electron chi connectivity index (χ4n) is 11.4. The van der Waals surface area contributed by atoms with E-state index in [0.29, 0.717) is 0 Å². The second-order valence-electron chi connectivity index (χ2n) is 23.2. The van der Waals surface area contributed by atoms with Crippen molar-refractivity contribution < 1.29 is 465 Å². The molecule has 0 aromatic carbocycles. The summed E-state index contributed by atoms with van der Waals surface area (Å²) in [6, 6.07) is 0. The first-order valence-electron chi connectivity index (χ1n) is 29.1. The molecule has 70 heteroatoms. The van der Waals surface area contributed by atoms with Crippen LogP contribution in [0.25, 0.3) is 0 Å². The van der Waals surface area contributed by atoms with Gasteiger partial charge in [0.2, 0.25) is 72.8 Å². The second-order valence-corrected chi connectivity index (χ2v) is 30.6. The van der Waals surface area contributed by atoms with E-state index in [9.17, 15) is 162 Å². The summed E-state index contributed by atoms with van der Waals surface area (Å²) < 4.78 is 355. The first-order chi connectivity index (χ1) is 48.2. The molecule has 21 fully saturated rings. The second kappa shape index (κ2) is 47.3. The number of rotatable bonds is 21. The molecule has 56 nitrogen and oxygen atoms in total. The van der Waals surface area contributed by atoms with Crippen LogP contribution in [0.15, 0.2) is 0 Å². The van der Waals surface area contributed by atoms with Crippen LogP contribution < -0.4 is 207 Å². The normalized spacial score (nSPS) is 42.1. The predicted octanol–water partition coefficient (Wildman–Crippen LogP) is -39.8. The summed E-state index contributed by atoms with van der Waals surface area (Å²) in [4.78, 5) is 0. The number of aliphatic hydroxyl groups excluding tert-OH is 14. The molecule has 0 aromatic rings. The largest absolute Gasteiger partial charge is 1.00 e. The standard InChI is InChI=1S/C42H70O56S7.7Na/c43-15-22(50)36-85-8(1-78-99(57,58)59)29(15)92-37-23(51)16(44)31(10(86-37)3-80-101(63,64)65)94-39-25(53)18(46)33(12(88-39)5-82-103(69,70)71)96-41-27(55)20(48)35(14(90-41)7-84-105(75,76)77)98-42-28(56)21(49)34(13(91-42)6-83-104(72,73)74)97-40-26(54)19(47)32(11(89-40)4-81-102(66,67)68)95-38-24(52)17(45)30(93-36)9(87-38)2-79-100(60,61)62;;;;;;;/h8-56H,1-7H2,(H,57,58,59)(H,60,61,62)(H,63,64,65)(H,66,67,68)(H,69,70,71)(H,72,73,74)(H,75,76,77);;;;;;;/q;7*+1/p-7/t8-,9-,10-,11-,12-,13-,14-,15-,16-,17-,18-,19-,20-,21-,22-,23-,24-,25-,26-,27-,28-,29-,30-,31-,32-,33-,34-,35-,36-,37-,38-,39-,40-,41-,42?;;;;;;;/m1......./s1. The summed E-state index contributed by atoms with van der Waals surface area (Å²) in [6.45, 7) is -12.2. The van der Waals surface area contributed by atoms with E-state index in [-0.39, 0.29) is 207 Å². The minimum Gasteiger partial charge on any atom is -0.726 e. The average Bonchev–Trinajstić information content (AvgIpc) is 0.778. The van der Waals surface area contributed by atoms with Gasteiger partial charge in [0.1, 0.15) is 171 Å². The van der Waals surface area contributed by atoms with Gasteiger partial charge in [-0.3, -0.25) is 29.3 Å². The van der Waals surface area contributed by atoms with Gasteiger partial charge < -0.3 is 170 Å². The van der Waals surface area contributed by atoms with Crippen LogP contribution in [-0.4, -0.2) is 423 Å². The van der Waals surface area contributed by atoms with Crippen molar-refractivity contribution in [3.63, 3.8) is 0 Å². The van der Waals surface area contributed by atoms with Gasteiger partial charge in [0.25, 0.3) is 0 Å². The minimum atomic E-state index is -5.94. The van der Waals surface area contributed by atoms with Crippen molar-refractivity contribution in [3.05, 3.63) is 0 Å². The Labute approximate surface area is 788 Å². The third kappa shape index (κ3) is 32.3. The molecular weight excluding hydrogens is 1790 g/mol. The molecular formula is C42H63Na7O56S7. The first kappa shape index (κ1) is 115. The Morgan fingerprint density at radius 3 is 0.348 bits per heavy atom. The summed E-state index contributed by atoms with van der Waals surface area (Å²) in [5, 5.41) is 162. The van der Waals surface area contributed by atoms with Crippen molar-refractivity contribution in [2.45, 2.75) is 215 Å². The number of ether oxygens (including phenoxy) is 14. The molecule has 21 heterocycles. The Hall–Kier alpha value is 4.97. The van der Waals surface area contributed by atoms with Gasteiger partial charge in [-0.2, -0.15) is 0 Å². The van der Waals surface area contributed by atoms with Gasteiger partial charge in [-0.05, 0) is 0 Å². The Morgan fingerprint density at radius 1 is 0.179 bits per heavy atom. The van der Waals surface area contributed by atoms with E-state index in [1.54, 1.807) is 0 Å². The van der Waals surface area contributed by atoms with Gasteiger partial charge in [0, 0.05) is 0 Å². The molecule has 0 aromatic heterocycles. The monoisotopic (exact) mass is 1850 g/mol. The smallest absolute Gasteiger partial charge is 0.726 e. The maximum absolute atomic E-state index is 11.8. The number of hydrogen-bond donors (Lipinski definition) is 14. The number of hydrogen-bond acceptors (Lipinski definition) is 56. The fraction of sp³-hybridized carbons (Fsp3) is 1.00. The van der Waals surface area contributed by atoms with E-state index in [0.717, 1.165) is 0 Å². The molecule has 0 saturated carbocycles. The molecule has 14 N–H and O–H groups in total. The van der Waals surface area contributed by atoms with Crippen LogP contribution in [0.1, 0.15) is 0 Å². The van der Waals surface area contributed by atoms with E-state index in [4.69, 9.17) is 66.3 Å². The molecule has 616 valence electrons. The zero-order valence-corrected chi connectivity index (χ0v) is 78.1. The predicted molar refractivity (Wildman–Crippen MR) is 288 cm³/mol. The molecule has 1 unspecified atom stereocenters. The molecule has 14 bridgehead atoms. The molecule has 21 aliphatic heterocycles. The van der Waals surface area contributed by atoms with Crippen LogP contribution in [0.5, 0.6) is 0 Å². The molecule has 0 aliphatic carbocycles. The maximum Gasteiger partial charge on any atom is 1.00 e. The zero-order chi connectivity index (χ0) is 78.5. The molecule has 0 spiro atoms. The average molecular weight is 1850 g/mol. The molecule has 112 heavy (non-hydrogen) atoms. The Balaban J connectivity index is 0.00000896. The fourth-order valence-corrected chi connectivity index (χ4v) is 13.5. The van der Waals surface area contributed by atoms with E-state index in [2.05, 4.69) is 29.3 Å². The summed E-state index contributed by atoms with van der Waals surface area (Å²) in [6.07, 6.45) is -95.2. The van der Waals surface area contributed by atoms with Gasteiger partial charge >= 0.3 is 207 Å². The van der Waals surface area contributed by atoms with Crippen LogP contribution in [0.4, 0.5) is 0 Å². The molecule has 21 aliphatic rings. The molecule has 21 rings (SSSR count). The van der Waals surface area contributed by atoms with Crippen molar-refractivity contribution in [3.8, 4) is 0 Å². The molecule has 35 atom stereocenters.